The summed E-state index contributed by atoms with van der Waals surface area (Å²) in [6.07, 6.45) is 0. The van der Waals surface area contributed by atoms with E-state index in [2.05, 4.69) is 6.07 Å². The van der Waals surface area contributed by atoms with Crippen molar-refractivity contribution in [3.63, 3.8) is 0 Å². The molecule has 0 radical (unpaired) electrons. The Labute approximate surface area is 142 Å². The fourth-order valence-electron chi connectivity index (χ4n) is 2.12. The van der Waals surface area contributed by atoms with E-state index < -0.39 is 0 Å². The Kier molecular flexibility index (Phi) is 7.67. The van der Waals surface area contributed by atoms with E-state index in [-0.39, 0.29) is 11.8 Å². The number of rotatable bonds is 7. The number of halogens is 2. The van der Waals surface area contributed by atoms with Gasteiger partial charge in [-0.1, -0.05) is 29.3 Å². The van der Waals surface area contributed by atoms with Crippen LogP contribution in [0.1, 0.15) is 19.4 Å². The molecule has 0 aromatic heterocycles. The van der Waals surface area contributed by atoms with Crippen molar-refractivity contribution >= 4 is 29.1 Å². The predicted octanol–water partition coefficient (Wildman–Crippen LogP) is 3.43. The van der Waals surface area contributed by atoms with Gasteiger partial charge in [-0.15, -0.1) is 0 Å². The second kappa shape index (κ2) is 8.99. The number of carbonyl (C=O) groups excluding carboxylic acids is 1. The van der Waals surface area contributed by atoms with Gasteiger partial charge in [0.25, 0.3) is 0 Å². The zero-order valence-corrected chi connectivity index (χ0v) is 14.7. The van der Waals surface area contributed by atoms with Crippen molar-refractivity contribution in [2.75, 3.05) is 26.7 Å². The monoisotopic (exact) mass is 341 g/mol. The maximum atomic E-state index is 12.3. The lowest BCUT2D eigenvalue weighted by molar-refractivity contribution is -0.132. The third-order valence-electron chi connectivity index (χ3n) is 3.29. The SMILES string of the molecule is CCN(C[C@H](C)C#N)C(=O)CN(C)Cc1ccc(Cl)c(Cl)c1. The molecule has 0 N–H and O–H groups in total. The minimum Gasteiger partial charge on any atom is -0.341 e. The molecule has 0 fully saturated rings. The maximum absolute atomic E-state index is 12.3. The summed E-state index contributed by atoms with van der Waals surface area (Å²) in [7, 11) is 1.88. The van der Waals surface area contributed by atoms with Crippen LogP contribution in [0, 0.1) is 17.2 Å². The molecule has 1 atom stereocenters. The molecule has 1 aromatic carbocycles. The topological polar surface area (TPSA) is 47.3 Å². The number of likely N-dealkylation sites (N-methyl/N-ethyl adjacent to an activating group) is 2. The first-order valence-electron chi connectivity index (χ1n) is 7.17. The highest BCUT2D eigenvalue weighted by Crippen LogP contribution is 2.23. The molecule has 6 heteroatoms. The van der Waals surface area contributed by atoms with E-state index in [0.29, 0.717) is 36.2 Å². The lowest BCUT2D eigenvalue weighted by Crippen LogP contribution is -2.40. The van der Waals surface area contributed by atoms with Crippen LogP contribution in [0.15, 0.2) is 18.2 Å². The van der Waals surface area contributed by atoms with E-state index >= 15 is 0 Å². The Morgan fingerprint density at radius 1 is 1.36 bits per heavy atom. The van der Waals surface area contributed by atoms with Crippen molar-refractivity contribution in [2.45, 2.75) is 20.4 Å². The number of amides is 1. The number of hydrogen-bond donors (Lipinski definition) is 0. The highest BCUT2D eigenvalue weighted by atomic mass is 35.5. The van der Waals surface area contributed by atoms with E-state index in [9.17, 15) is 4.79 Å². The first kappa shape index (κ1) is 18.8. The Morgan fingerprint density at radius 3 is 2.59 bits per heavy atom. The molecule has 0 heterocycles. The van der Waals surface area contributed by atoms with Crippen LogP contribution in [0.25, 0.3) is 0 Å². The van der Waals surface area contributed by atoms with E-state index in [4.69, 9.17) is 28.5 Å². The number of carbonyl (C=O) groups is 1. The van der Waals surface area contributed by atoms with Gasteiger partial charge in [-0.25, -0.2) is 0 Å². The van der Waals surface area contributed by atoms with Crippen LogP contribution in [-0.4, -0.2) is 42.4 Å². The summed E-state index contributed by atoms with van der Waals surface area (Å²) < 4.78 is 0. The highest BCUT2D eigenvalue weighted by molar-refractivity contribution is 6.42. The zero-order valence-electron chi connectivity index (χ0n) is 13.1. The number of nitrogens with zero attached hydrogens (tertiary/aromatic N) is 3. The summed E-state index contributed by atoms with van der Waals surface area (Å²) in [5.41, 5.74) is 0.998. The minimum atomic E-state index is -0.163. The lowest BCUT2D eigenvalue weighted by Gasteiger charge is -2.25. The summed E-state index contributed by atoms with van der Waals surface area (Å²) in [6.45, 7) is 5.70. The number of nitriles is 1. The van der Waals surface area contributed by atoms with Crippen molar-refractivity contribution in [3.8, 4) is 6.07 Å². The van der Waals surface area contributed by atoms with Crippen LogP contribution in [0.4, 0.5) is 0 Å². The first-order valence-corrected chi connectivity index (χ1v) is 7.92. The molecule has 0 saturated carbocycles. The average Bonchev–Trinajstić information content (AvgIpc) is 2.47. The smallest absolute Gasteiger partial charge is 0.236 e. The summed E-state index contributed by atoms with van der Waals surface area (Å²) in [5.74, 6) is -0.142. The van der Waals surface area contributed by atoms with Crippen molar-refractivity contribution in [1.82, 2.24) is 9.80 Å². The number of hydrogen-bond acceptors (Lipinski definition) is 3. The van der Waals surface area contributed by atoms with E-state index in [0.717, 1.165) is 5.56 Å². The van der Waals surface area contributed by atoms with Gasteiger partial charge in [-0.3, -0.25) is 9.69 Å². The van der Waals surface area contributed by atoms with E-state index in [1.54, 1.807) is 17.0 Å². The van der Waals surface area contributed by atoms with Gasteiger partial charge < -0.3 is 4.90 Å². The predicted molar refractivity (Wildman–Crippen MR) is 89.8 cm³/mol. The molecular weight excluding hydrogens is 321 g/mol. The van der Waals surface area contributed by atoms with E-state index in [1.807, 2.05) is 31.9 Å². The largest absolute Gasteiger partial charge is 0.341 e. The van der Waals surface area contributed by atoms with Gasteiger partial charge >= 0.3 is 0 Å². The van der Waals surface area contributed by atoms with Gasteiger partial charge in [0.15, 0.2) is 0 Å². The van der Waals surface area contributed by atoms with Crippen molar-refractivity contribution < 1.29 is 4.79 Å². The quantitative estimate of drug-likeness (QED) is 0.763. The maximum Gasteiger partial charge on any atom is 0.236 e. The van der Waals surface area contributed by atoms with Gasteiger partial charge in [0.05, 0.1) is 28.6 Å². The minimum absolute atomic E-state index is 0.0205. The molecule has 4 nitrogen and oxygen atoms in total. The Morgan fingerprint density at radius 2 is 2.05 bits per heavy atom. The molecule has 0 aliphatic carbocycles. The summed E-state index contributed by atoms with van der Waals surface area (Å²) >= 11 is 11.9. The standard InChI is InChI=1S/C16H21Cl2N3O/c1-4-21(9-12(2)8-19)16(22)11-20(3)10-13-5-6-14(17)15(18)7-13/h5-7,12H,4,9-11H2,1-3H3/t12-/m1/s1. The zero-order chi connectivity index (χ0) is 16.7. The Hall–Kier alpha value is -1.28. The number of benzene rings is 1. The first-order chi connectivity index (χ1) is 10.4. The lowest BCUT2D eigenvalue weighted by atomic mass is 10.2. The normalized spacial score (nSPS) is 12.0. The average molecular weight is 342 g/mol. The van der Waals surface area contributed by atoms with Crippen LogP contribution in [0.5, 0.6) is 0 Å². The van der Waals surface area contributed by atoms with Crippen molar-refractivity contribution in [3.05, 3.63) is 33.8 Å². The molecule has 1 rings (SSSR count). The molecule has 1 amide bonds. The molecule has 0 aliphatic heterocycles. The Bertz CT molecular complexity index is 557. The molecule has 0 spiro atoms. The molecule has 0 aliphatic rings. The van der Waals surface area contributed by atoms with Crippen LogP contribution in [-0.2, 0) is 11.3 Å². The second-order valence-electron chi connectivity index (χ2n) is 5.38. The van der Waals surface area contributed by atoms with Crippen LogP contribution in [0.3, 0.4) is 0 Å². The van der Waals surface area contributed by atoms with E-state index in [1.165, 1.54) is 0 Å². The van der Waals surface area contributed by atoms with Gasteiger partial charge in [0, 0.05) is 19.6 Å². The van der Waals surface area contributed by atoms with Gasteiger partial charge in [-0.2, -0.15) is 5.26 Å². The molecule has 0 saturated heterocycles. The summed E-state index contributed by atoms with van der Waals surface area (Å²) in [4.78, 5) is 15.9. The fraction of sp³-hybridized carbons (Fsp3) is 0.500. The van der Waals surface area contributed by atoms with Gasteiger partial charge in [-0.05, 0) is 38.6 Å². The van der Waals surface area contributed by atoms with Crippen molar-refractivity contribution in [2.24, 2.45) is 5.92 Å². The fourth-order valence-corrected chi connectivity index (χ4v) is 2.44. The molecule has 0 bridgehead atoms. The van der Waals surface area contributed by atoms with Gasteiger partial charge in [0.1, 0.15) is 0 Å². The third-order valence-corrected chi connectivity index (χ3v) is 4.03. The molecule has 120 valence electrons. The van der Waals surface area contributed by atoms with Crippen LogP contribution >= 0.6 is 23.2 Å². The summed E-state index contributed by atoms with van der Waals surface area (Å²) in [5, 5.41) is 9.90. The van der Waals surface area contributed by atoms with Gasteiger partial charge in [0.2, 0.25) is 5.91 Å². The third kappa shape index (κ3) is 5.84. The Balaban J connectivity index is 2.59. The molecule has 1 aromatic rings. The van der Waals surface area contributed by atoms with Crippen LogP contribution in [0.2, 0.25) is 10.0 Å². The summed E-state index contributed by atoms with van der Waals surface area (Å²) in [6, 6.07) is 7.61. The highest BCUT2D eigenvalue weighted by Gasteiger charge is 2.16. The molecule has 22 heavy (non-hydrogen) atoms. The van der Waals surface area contributed by atoms with Crippen molar-refractivity contribution in [1.29, 1.82) is 5.26 Å². The second-order valence-corrected chi connectivity index (χ2v) is 6.20. The van der Waals surface area contributed by atoms with Crippen LogP contribution < -0.4 is 0 Å². The molecular formula is C16H21Cl2N3O. The molecule has 0 unspecified atom stereocenters.